The second kappa shape index (κ2) is 4.96. The predicted octanol–water partition coefficient (Wildman–Crippen LogP) is 4.62. The fourth-order valence-corrected chi connectivity index (χ4v) is 3.67. The monoisotopic (exact) mass is 306 g/mol. The molecule has 0 bridgehead atoms. The van der Waals surface area contributed by atoms with Crippen LogP contribution in [0, 0.1) is 0 Å². The molecule has 4 rings (SSSR count). The van der Waals surface area contributed by atoms with Gasteiger partial charge in [0.1, 0.15) is 0 Å². The second-order valence-electron chi connectivity index (χ2n) is 7.68. The van der Waals surface area contributed by atoms with Gasteiger partial charge in [-0.3, -0.25) is 0 Å². The maximum Gasteiger partial charge on any atom is 0.466 e. The quantitative estimate of drug-likeness (QED) is 0.715. The molecule has 2 aromatic rings. The summed E-state index contributed by atoms with van der Waals surface area (Å²) in [6, 6.07) is 17.3. The van der Waals surface area contributed by atoms with Gasteiger partial charge in [-0.25, -0.2) is 0 Å². The van der Waals surface area contributed by atoms with E-state index in [-0.39, 0.29) is 24.1 Å². The van der Waals surface area contributed by atoms with E-state index in [1.54, 1.807) is 0 Å². The van der Waals surface area contributed by atoms with Crippen LogP contribution in [-0.2, 0) is 15.7 Å². The Morgan fingerprint density at radius 2 is 1.39 bits per heavy atom. The number of benzene rings is 2. The van der Waals surface area contributed by atoms with Crippen LogP contribution in [0.2, 0.25) is 0 Å². The summed E-state index contributed by atoms with van der Waals surface area (Å²) in [7, 11) is -0.200. The van der Waals surface area contributed by atoms with E-state index in [0.717, 1.165) is 6.42 Å². The van der Waals surface area contributed by atoms with Crippen molar-refractivity contribution in [1.82, 2.24) is 0 Å². The minimum Gasteiger partial charge on any atom is -0.403 e. The lowest BCUT2D eigenvalue weighted by Crippen LogP contribution is -2.41. The Labute approximate surface area is 139 Å². The summed E-state index contributed by atoms with van der Waals surface area (Å²) in [6.45, 7) is 8.48. The highest BCUT2D eigenvalue weighted by molar-refractivity contribution is 6.48. The van der Waals surface area contributed by atoms with Crippen molar-refractivity contribution in [3.63, 3.8) is 0 Å². The van der Waals surface area contributed by atoms with Gasteiger partial charge in [0.15, 0.2) is 0 Å². The fourth-order valence-electron chi connectivity index (χ4n) is 3.67. The van der Waals surface area contributed by atoms with E-state index in [1.807, 2.05) is 0 Å². The third-order valence-electron chi connectivity index (χ3n) is 5.71. The van der Waals surface area contributed by atoms with Gasteiger partial charge in [0.2, 0.25) is 0 Å². The molecule has 1 aliphatic heterocycles. The molecule has 0 spiro atoms. The molecule has 1 fully saturated rings. The molecular formula is C20H23BO2. The van der Waals surface area contributed by atoms with Crippen LogP contribution in [0.4, 0.5) is 0 Å². The summed E-state index contributed by atoms with van der Waals surface area (Å²) in [6.07, 6.45) is 0.962. The Balaban J connectivity index is 1.78. The summed E-state index contributed by atoms with van der Waals surface area (Å²) in [5.74, 6) is 0.238. The van der Waals surface area contributed by atoms with Gasteiger partial charge in [-0.2, -0.15) is 0 Å². The molecule has 3 heteroatoms. The molecule has 23 heavy (non-hydrogen) atoms. The van der Waals surface area contributed by atoms with E-state index < -0.39 is 0 Å². The van der Waals surface area contributed by atoms with Gasteiger partial charge >= 0.3 is 7.12 Å². The first-order chi connectivity index (χ1) is 10.9. The molecule has 1 unspecified atom stereocenters. The average molecular weight is 306 g/mol. The van der Waals surface area contributed by atoms with E-state index in [0.29, 0.717) is 0 Å². The lowest BCUT2D eigenvalue weighted by Gasteiger charge is -2.32. The average Bonchev–Trinajstić information content (AvgIpc) is 2.74. The summed E-state index contributed by atoms with van der Waals surface area (Å²) in [5, 5.41) is 0. The van der Waals surface area contributed by atoms with Crippen molar-refractivity contribution < 1.29 is 9.31 Å². The van der Waals surface area contributed by atoms with Crippen LogP contribution in [0.3, 0.4) is 0 Å². The van der Waals surface area contributed by atoms with E-state index in [2.05, 4.69) is 76.2 Å². The van der Waals surface area contributed by atoms with Crippen molar-refractivity contribution in [3.8, 4) is 11.1 Å². The SMILES string of the molecule is CC1(C)OB(C2Cc3ccccc3-c3ccccc32)OC1(C)C. The van der Waals surface area contributed by atoms with Crippen molar-refractivity contribution in [2.75, 3.05) is 0 Å². The van der Waals surface area contributed by atoms with Gasteiger partial charge < -0.3 is 9.31 Å². The third-order valence-corrected chi connectivity index (χ3v) is 5.71. The van der Waals surface area contributed by atoms with Gasteiger partial charge in [0, 0.05) is 5.82 Å². The first-order valence-corrected chi connectivity index (χ1v) is 8.42. The standard InChI is InChI=1S/C20H23BO2/c1-19(2)20(3,4)23-21(22-19)18-13-14-9-5-6-10-15(14)16-11-7-8-12-17(16)18/h5-12,18H,13H2,1-4H3. The maximum atomic E-state index is 6.35. The van der Waals surface area contributed by atoms with E-state index in [9.17, 15) is 0 Å². The summed E-state index contributed by atoms with van der Waals surface area (Å²) < 4.78 is 12.7. The molecule has 1 aliphatic carbocycles. The highest BCUT2D eigenvalue weighted by Gasteiger charge is 2.54. The summed E-state index contributed by atoms with van der Waals surface area (Å²) >= 11 is 0. The molecular weight excluding hydrogens is 283 g/mol. The topological polar surface area (TPSA) is 18.5 Å². The van der Waals surface area contributed by atoms with Crippen molar-refractivity contribution in [3.05, 3.63) is 59.7 Å². The lowest BCUT2D eigenvalue weighted by molar-refractivity contribution is 0.00578. The van der Waals surface area contributed by atoms with Crippen LogP contribution >= 0.6 is 0 Å². The summed E-state index contributed by atoms with van der Waals surface area (Å²) in [5.41, 5.74) is 4.80. The molecule has 0 aromatic heterocycles. The number of fused-ring (bicyclic) bond motifs is 3. The molecule has 2 aromatic carbocycles. The van der Waals surface area contributed by atoms with Crippen LogP contribution in [0.1, 0.15) is 44.6 Å². The zero-order chi connectivity index (χ0) is 16.2. The third kappa shape index (κ3) is 2.26. The van der Waals surface area contributed by atoms with Gasteiger partial charge in [-0.05, 0) is 56.4 Å². The molecule has 0 radical (unpaired) electrons. The maximum absolute atomic E-state index is 6.35. The minimum atomic E-state index is -0.288. The normalized spacial score (nSPS) is 24.2. The van der Waals surface area contributed by atoms with Crippen molar-refractivity contribution in [1.29, 1.82) is 0 Å². The Bertz CT molecular complexity index is 735. The smallest absolute Gasteiger partial charge is 0.403 e. The number of rotatable bonds is 1. The minimum absolute atomic E-state index is 0.200. The van der Waals surface area contributed by atoms with Gasteiger partial charge in [0.25, 0.3) is 0 Å². The van der Waals surface area contributed by atoms with Crippen molar-refractivity contribution >= 4 is 7.12 Å². The molecule has 1 atom stereocenters. The van der Waals surface area contributed by atoms with Gasteiger partial charge in [-0.1, -0.05) is 48.5 Å². The molecule has 1 saturated heterocycles. The highest BCUT2D eigenvalue weighted by Crippen LogP contribution is 2.46. The summed E-state index contributed by atoms with van der Waals surface area (Å²) in [4.78, 5) is 0. The molecule has 0 N–H and O–H groups in total. The molecule has 2 nitrogen and oxygen atoms in total. The highest BCUT2D eigenvalue weighted by atomic mass is 16.7. The molecule has 0 saturated carbocycles. The van der Waals surface area contributed by atoms with Crippen LogP contribution in [0.5, 0.6) is 0 Å². The zero-order valence-electron chi connectivity index (χ0n) is 14.3. The van der Waals surface area contributed by atoms with Gasteiger partial charge in [0.05, 0.1) is 11.2 Å². The van der Waals surface area contributed by atoms with E-state index in [1.165, 1.54) is 22.3 Å². The van der Waals surface area contributed by atoms with Crippen LogP contribution in [0.15, 0.2) is 48.5 Å². The second-order valence-corrected chi connectivity index (χ2v) is 7.68. The molecule has 0 amide bonds. The molecule has 2 aliphatic rings. The molecule has 1 heterocycles. The fraction of sp³-hybridized carbons (Fsp3) is 0.400. The Morgan fingerprint density at radius 3 is 2.09 bits per heavy atom. The predicted molar refractivity (Wildman–Crippen MR) is 94.4 cm³/mol. The van der Waals surface area contributed by atoms with Crippen LogP contribution in [0.25, 0.3) is 11.1 Å². The van der Waals surface area contributed by atoms with Crippen molar-refractivity contribution in [2.24, 2.45) is 0 Å². The van der Waals surface area contributed by atoms with Gasteiger partial charge in [-0.15, -0.1) is 0 Å². The number of hydrogen-bond acceptors (Lipinski definition) is 2. The Hall–Kier alpha value is -1.58. The largest absolute Gasteiger partial charge is 0.466 e. The first-order valence-electron chi connectivity index (χ1n) is 8.42. The zero-order valence-corrected chi connectivity index (χ0v) is 14.3. The lowest BCUT2D eigenvalue weighted by atomic mass is 9.61. The number of hydrogen-bond donors (Lipinski definition) is 0. The first kappa shape index (κ1) is 15.0. The molecule has 118 valence electrons. The van der Waals surface area contributed by atoms with E-state index in [4.69, 9.17) is 9.31 Å². The van der Waals surface area contributed by atoms with Crippen LogP contribution < -0.4 is 0 Å². The Morgan fingerprint density at radius 1 is 0.826 bits per heavy atom. The van der Waals surface area contributed by atoms with E-state index >= 15 is 0 Å². The van der Waals surface area contributed by atoms with Crippen molar-refractivity contribution in [2.45, 2.75) is 51.1 Å². The van der Waals surface area contributed by atoms with Crippen LogP contribution in [-0.4, -0.2) is 18.3 Å². The Kier molecular flexibility index (Phi) is 3.23.